The third-order valence-corrected chi connectivity index (χ3v) is 3.40. The standard InChI is InChI=1S/C12H22N2O3.ClH/c1-11(2,3)17-10(15)14-5-9-4-13-6-12(9)7-16-8-12;/h9,13H,4-8H2,1-3H3,(H,14,15);1H. The van der Waals surface area contributed by atoms with Crippen LogP contribution in [0.15, 0.2) is 0 Å². The van der Waals surface area contributed by atoms with Gasteiger partial charge in [-0.15, -0.1) is 12.4 Å². The van der Waals surface area contributed by atoms with Gasteiger partial charge in [-0.05, 0) is 20.8 Å². The third kappa shape index (κ3) is 3.49. The fourth-order valence-electron chi connectivity index (χ4n) is 2.37. The van der Waals surface area contributed by atoms with Crippen LogP contribution in [0.3, 0.4) is 0 Å². The lowest BCUT2D eigenvalue weighted by Crippen LogP contribution is -2.51. The number of nitrogens with one attached hydrogen (secondary N) is 2. The number of halogens is 1. The monoisotopic (exact) mass is 278 g/mol. The van der Waals surface area contributed by atoms with Crippen molar-refractivity contribution in [1.82, 2.24) is 10.6 Å². The van der Waals surface area contributed by atoms with Gasteiger partial charge in [-0.25, -0.2) is 4.79 Å². The minimum Gasteiger partial charge on any atom is -0.444 e. The number of hydrogen-bond donors (Lipinski definition) is 2. The first kappa shape index (κ1) is 15.5. The van der Waals surface area contributed by atoms with Gasteiger partial charge in [-0.2, -0.15) is 0 Å². The molecule has 0 saturated carbocycles. The highest BCUT2D eigenvalue weighted by molar-refractivity contribution is 5.85. The molecule has 1 atom stereocenters. The van der Waals surface area contributed by atoms with Crippen molar-refractivity contribution in [3.63, 3.8) is 0 Å². The van der Waals surface area contributed by atoms with Crippen molar-refractivity contribution in [3.05, 3.63) is 0 Å². The lowest BCUT2D eigenvalue weighted by Gasteiger charge is -2.42. The first-order valence-electron chi connectivity index (χ1n) is 6.17. The molecule has 1 amide bonds. The molecule has 2 saturated heterocycles. The summed E-state index contributed by atoms with van der Waals surface area (Å²) in [7, 11) is 0. The van der Waals surface area contributed by atoms with E-state index in [2.05, 4.69) is 10.6 Å². The zero-order chi connectivity index (χ0) is 12.5. The van der Waals surface area contributed by atoms with Crippen LogP contribution in [0, 0.1) is 11.3 Å². The molecule has 0 aromatic carbocycles. The van der Waals surface area contributed by atoms with Crippen LogP contribution in [0.4, 0.5) is 4.79 Å². The Balaban J connectivity index is 0.00000162. The van der Waals surface area contributed by atoms with Gasteiger partial charge in [0.05, 0.1) is 13.2 Å². The number of carbonyl (C=O) groups excluding carboxylic acids is 1. The number of carbonyl (C=O) groups is 1. The molecular weight excluding hydrogens is 256 g/mol. The first-order valence-corrected chi connectivity index (χ1v) is 6.17. The van der Waals surface area contributed by atoms with Gasteiger partial charge < -0.3 is 20.1 Å². The van der Waals surface area contributed by atoms with Crippen LogP contribution in [0.5, 0.6) is 0 Å². The summed E-state index contributed by atoms with van der Waals surface area (Å²) in [5.41, 5.74) is -0.190. The van der Waals surface area contributed by atoms with E-state index in [9.17, 15) is 4.79 Å². The Morgan fingerprint density at radius 1 is 1.50 bits per heavy atom. The highest BCUT2D eigenvalue weighted by Gasteiger charge is 2.48. The molecule has 2 fully saturated rings. The predicted molar refractivity (Wildman–Crippen MR) is 71.1 cm³/mol. The van der Waals surface area contributed by atoms with Crippen molar-refractivity contribution < 1.29 is 14.3 Å². The van der Waals surface area contributed by atoms with Gasteiger partial charge in [0.1, 0.15) is 5.60 Å². The summed E-state index contributed by atoms with van der Waals surface area (Å²) in [6.07, 6.45) is -0.334. The zero-order valence-electron chi connectivity index (χ0n) is 11.2. The SMILES string of the molecule is CC(C)(C)OC(=O)NCC1CNCC12COC2.Cl. The van der Waals surface area contributed by atoms with E-state index in [1.807, 2.05) is 20.8 Å². The van der Waals surface area contributed by atoms with Crippen LogP contribution >= 0.6 is 12.4 Å². The van der Waals surface area contributed by atoms with E-state index in [1.54, 1.807) is 0 Å². The fraction of sp³-hybridized carbons (Fsp3) is 0.917. The predicted octanol–water partition coefficient (Wildman–Crippen LogP) is 1.17. The van der Waals surface area contributed by atoms with Gasteiger partial charge in [0.2, 0.25) is 0 Å². The molecule has 2 rings (SSSR count). The van der Waals surface area contributed by atoms with Crippen LogP contribution in [0.2, 0.25) is 0 Å². The van der Waals surface area contributed by atoms with Crippen molar-refractivity contribution >= 4 is 18.5 Å². The molecule has 18 heavy (non-hydrogen) atoms. The molecular formula is C12H23ClN2O3. The average molecular weight is 279 g/mol. The van der Waals surface area contributed by atoms with E-state index in [0.29, 0.717) is 12.5 Å². The molecule has 0 aromatic rings. The van der Waals surface area contributed by atoms with Gasteiger partial charge in [0, 0.05) is 31.0 Å². The first-order chi connectivity index (χ1) is 7.91. The quantitative estimate of drug-likeness (QED) is 0.796. The lowest BCUT2D eigenvalue weighted by atomic mass is 9.76. The summed E-state index contributed by atoms with van der Waals surface area (Å²) in [6, 6.07) is 0. The zero-order valence-corrected chi connectivity index (χ0v) is 12.1. The summed E-state index contributed by atoms with van der Waals surface area (Å²) in [5, 5.41) is 6.21. The van der Waals surface area contributed by atoms with E-state index < -0.39 is 5.60 Å². The summed E-state index contributed by atoms with van der Waals surface area (Å²) < 4.78 is 10.5. The molecule has 2 heterocycles. The molecule has 2 N–H and O–H groups in total. The maximum atomic E-state index is 11.5. The second-order valence-corrected chi connectivity index (χ2v) is 6.07. The summed E-state index contributed by atoms with van der Waals surface area (Å²) in [5.74, 6) is 0.448. The Kier molecular flexibility index (Phi) is 4.86. The maximum absolute atomic E-state index is 11.5. The molecule has 6 heteroatoms. The molecule has 1 spiro atoms. The summed E-state index contributed by atoms with van der Waals surface area (Å²) >= 11 is 0. The van der Waals surface area contributed by atoms with Crippen molar-refractivity contribution in [2.75, 3.05) is 32.8 Å². The van der Waals surface area contributed by atoms with Gasteiger partial charge in [-0.1, -0.05) is 0 Å². The average Bonchev–Trinajstić information content (AvgIpc) is 2.54. The van der Waals surface area contributed by atoms with Gasteiger partial charge in [-0.3, -0.25) is 0 Å². The maximum Gasteiger partial charge on any atom is 0.407 e. The highest BCUT2D eigenvalue weighted by Crippen LogP contribution is 2.38. The van der Waals surface area contributed by atoms with Crippen LogP contribution in [0.1, 0.15) is 20.8 Å². The Hall–Kier alpha value is -0.520. The number of amides is 1. The van der Waals surface area contributed by atoms with Crippen molar-refractivity contribution in [1.29, 1.82) is 0 Å². The van der Waals surface area contributed by atoms with E-state index in [-0.39, 0.29) is 23.9 Å². The number of hydrogen-bond acceptors (Lipinski definition) is 4. The van der Waals surface area contributed by atoms with Gasteiger partial charge in [0.25, 0.3) is 0 Å². The third-order valence-electron chi connectivity index (χ3n) is 3.40. The normalized spacial score (nSPS) is 25.2. The number of ether oxygens (including phenoxy) is 2. The topological polar surface area (TPSA) is 59.6 Å². The molecule has 0 aromatic heterocycles. The Morgan fingerprint density at radius 3 is 2.67 bits per heavy atom. The molecule has 106 valence electrons. The van der Waals surface area contributed by atoms with Gasteiger partial charge >= 0.3 is 6.09 Å². The molecule has 0 aliphatic carbocycles. The number of rotatable bonds is 2. The van der Waals surface area contributed by atoms with Crippen LogP contribution in [-0.4, -0.2) is 44.5 Å². The Bertz CT molecular complexity index is 300. The van der Waals surface area contributed by atoms with E-state index >= 15 is 0 Å². The molecule has 2 aliphatic heterocycles. The minimum absolute atomic E-state index is 0. The summed E-state index contributed by atoms with van der Waals surface area (Å²) in [6.45, 7) is 9.81. The smallest absolute Gasteiger partial charge is 0.407 e. The van der Waals surface area contributed by atoms with Crippen molar-refractivity contribution in [2.24, 2.45) is 11.3 Å². The summed E-state index contributed by atoms with van der Waals surface area (Å²) in [4.78, 5) is 11.5. The largest absolute Gasteiger partial charge is 0.444 e. The second kappa shape index (κ2) is 5.63. The minimum atomic E-state index is -0.435. The molecule has 0 bridgehead atoms. The van der Waals surface area contributed by atoms with Crippen molar-refractivity contribution in [2.45, 2.75) is 26.4 Å². The molecule has 5 nitrogen and oxygen atoms in total. The Labute approximate surface area is 114 Å². The van der Waals surface area contributed by atoms with Crippen LogP contribution in [-0.2, 0) is 9.47 Å². The van der Waals surface area contributed by atoms with E-state index in [1.165, 1.54) is 0 Å². The molecule has 2 aliphatic rings. The van der Waals surface area contributed by atoms with Crippen LogP contribution < -0.4 is 10.6 Å². The number of alkyl carbamates (subject to hydrolysis) is 1. The second-order valence-electron chi connectivity index (χ2n) is 6.07. The van der Waals surface area contributed by atoms with E-state index in [0.717, 1.165) is 26.3 Å². The van der Waals surface area contributed by atoms with Gasteiger partial charge in [0.15, 0.2) is 0 Å². The lowest BCUT2D eigenvalue weighted by molar-refractivity contribution is -0.123. The Morgan fingerprint density at radius 2 is 2.17 bits per heavy atom. The van der Waals surface area contributed by atoms with Crippen LogP contribution in [0.25, 0.3) is 0 Å². The fourth-order valence-corrected chi connectivity index (χ4v) is 2.37. The molecule has 0 radical (unpaired) electrons. The van der Waals surface area contributed by atoms with Crippen molar-refractivity contribution in [3.8, 4) is 0 Å². The van der Waals surface area contributed by atoms with E-state index in [4.69, 9.17) is 9.47 Å². The molecule has 1 unspecified atom stereocenters. The highest BCUT2D eigenvalue weighted by atomic mass is 35.5.